The fraction of sp³-hybridized carbons (Fsp3) is 0.200. The fourth-order valence-corrected chi connectivity index (χ4v) is 3.41. The Labute approximate surface area is 166 Å². The van der Waals surface area contributed by atoms with Crippen LogP contribution in [0.25, 0.3) is 10.6 Å². The maximum atomic E-state index is 12.4. The summed E-state index contributed by atoms with van der Waals surface area (Å²) in [6.45, 7) is 3.91. The van der Waals surface area contributed by atoms with Gasteiger partial charge in [-0.05, 0) is 50.2 Å². The van der Waals surface area contributed by atoms with E-state index in [1.165, 1.54) is 11.3 Å². The Kier molecular flexibility index (Phi) is 5.98. The predicted molar refractivity (Wildman–Crippen MR) is 109 cm³/mol. The van der Waals surface area contributed by atoms with E-state index in [1.54, 1.807) is 36.8 Å². The van der Waals surface area contributed by atoms with Crippen molar-refractivity contribution in [1.29, 1.82) is 0 Å². The number of hydrogen-bond donors (Lipinski definition) is 1. The van der Waals surface area contributed by atoms with Gasteiger partial charge in [-0.15, -0.1) is 11.3 Å². The van der Waals surface area contributed by atoms with E-state index in [9.17, 15) is 4.79 Å². The number of rotatable bonds is 6. The Balaban J connectivity index is 1.79. The third-order valence-corrected chi connectivity index (χ3v) is 4.72. The number of benzene rings is 2. The van der Waals surface area contributed by atoms with Gasteiger partial charge in [-0.3, -0.25) is 4.79 Å². The monoisotopic (exact) mass is 402 g/mol. The van der Waals surface area contributed by atoms with Crippen LogP contribution < -0.4 is 14.8 Å². The smallest absolute Gasteiger partial charge is 0.275 e. The van der Waals surface area contributed by atoms with E-state index in [0.29, 0.717) is 27.9 Å². The van der Waals surface area contributed by atoms with Gasteiger partial charge in [0.05, 0.1) is 13.2 Å². The van der Waals surface area contributed by atoms with Crippen molar-refractivity contribution in [2.45, 2.75) is 20.0 Å². The maximum Gasteiger partial charge on any atom is 0.275 e. The number of nitrogens with one attached hydrogen (secondary N) is 1. The number of amides is 1. The molecule has 0 aliphatic carbocycles. The summed E-state index contributed by atoms with van der Waals surface area (Å²) in [4.78, 5) is 16.9. The van der Waals surface area contributed by atoms with Crippen LogP contribution in [0.1, 0.15) is 24.3 Å². The molecule has 0 unspecified atom stereocenters. The summed E-state index contributed by atoms with van der Waals surface area (Å²) in [6, 6.07) is 12.6. The van der Waals surface area contributed by atoms with Crippen molar-refractivity contribution >= 4 is 34.5 Å². The van der Waals surface area contributed by atoms with Gasteiger partial charge in [-0.25, -0.2) is 4.98 Å². The minimum Gasteiger partial charge on any atom is -0.493 e. The number of methoxy groups -OCH3 is 1. The van der Waals surface area contributed by atoms with Gasteiger partial charge in [0, 0.05) is 21.7 Å². The van der Waals surface area contributed by atoms with E-state index in [-0.39, 0.29) is 12.0 Å². The Hall–Kier alpha value is -2.57. The van der Waals surface area contributed by atoms with Crippen LogP contribution in [-0.2, 0) is 0 Å². The van der Waals surface area contributed by atoms with Crippen molar-refractivity contribution in [2.24, 2.45) is 0 Å². The van der Waals surface area contributed by atoms with Crippen molar-refractivity contribution in [2.75, 3.05) is 12.4 Å². The lowest BCUT2D eigenvalue weighted by Crippen LogP contribution is -2.12. The Bertz CT molecular complexity index is 956. The molecule has 1 N–H and O–H groups in total. The highest BCUT2D eigenvalue weighted by Gasteiger charge is 2.14. The van der Waals surface area contributed by atoms with Crippen LogP contribution in [0.15, 0.2) is 47.8 Å². The summed E-state index contributed by atoms with van der Waals surface area (Å²) in [5, 5.41) is 5.80. The van der Waals surface area contributed by atoms with Crippen molar-refractivity contribution in [3.63, 3.8) is 0 Å². The van der Waals surface area contributed by atoms with Gasteiger partial charge in [0.1, 0.15) is 10.7 Å². The van der Waals surface area contributed by atoms with Gasteiger partial charge in [0.2, 0.25) is 0 Å². The molecule has 0 fully saturated rings. The number of carbonyl (C=O) groups excluding carboxylic acids is 1. The van der Waals surface area contributed by atoms with E-state index < -0.39 is 0 Å². The van der Waals surface area contributed by atoms with Gasteiger partial charge >= 0.3 is 0 Å². The molecule has 3 rings (SSSR count). The average Bonchev–Trinajstić information content (AvgIpc) is 3.12. The molecule has 1 aromatic heterocycles. The van der Waals surface area contributed by atoms with E-state index in [0.717, 1.165) is 10.6 Å². The first-order valence-corrected chi connectivity index (χ1v) is 9.59. The van der Waals surface area contributed by atoms with E-state index >= 15 is 0 Å². The number of thiazole rings is 1. The molecule has 0 aliphatic rings. The first-order chi connectivity index (χ1) is 13.0. The van der Waals surface area contributed by atoms with Gasteiger partial charge in [0.25, 0.3) is 5.91 Å². The van der Waals surface area contributed by atoms with Crippen LogP contribution in [0.5, 0.6) is 11.5 Å². The molecule has 0 radical (unpaired) electrons. The largest absolute Gasteiger partial charge is 0.493 e. The van der Waals surface area contributed by atoms with Crippen molar-refractivity contribution in [3.05, 3.63) is 58.6 Å². The maximum absolute atomic E-state index is 12.4. The molecule has 0 aliphatic heterocycles. The van der Waals surface area contributed by atoms with Crippen LogP contribution in [0.4, 0.5) is 5.69 Å². The number of anilines is 1. The first kappa shape index (κ1) is 19.2. The van der Waals surface area contributed by atoms with Crippen LogP contribution in [0, 0.1) is 0 Å². The molecule has 27 heavy (non-hydrogen) atoms. The molecule has 1 amide bonds. The highest BCUT2D eigenvalue weighted by atomic mass is 35.5. The number of carbonyl (C=O) groups is 1. The number of hydrogen-bond acceptors (Lipinski definition) is 5. The summed E-state index contributed by atoms with van der Waals surface area (Å²) in [6.07, 6.45) is 0.0476. The number of nitrogens with zero attached hydrogens (tertiary/aromatic N) is 1. The van der Waals surface area contributed by atoms with E-state index in [4.69, 9.17) is 21.1 Å². The average molecular weight is 403 g/mol. The standard InChI is InChI=1S/C20H19ClN2O3S/c1-12(2)26-17-8-7-13(9-18(17)25-3)20-23-16(11-27-20)19(24)22-15-6-4-5-14(21)10-15/h4-12H,1-3H3,(H,22,24). The molecule has 0 bridgehead atoms. The second-order valence-electron chi connectivity index (χ2n) is 6.03. The Morgan fingerprint density at radius 3 is 2.70 bits per heavy atom. The van der Waals surface area contributed by atoms with Crippen LogP contribution >= 0.6 is 22.9 Å². The lowest BCUT2D eigenvalue weighted by Gasteiger charge is -2.14. The topological polar surface area (TPSA) is 60.5 Å². The second-order valence-corrected chi connectivity index (χ2v) is 7.33. The predicted octanol–water partition coefficient (Wildman–Crippen LogP) is 5.51. The lowest BCUT2D eigenvalue weighted by atomic mass is 10.2. The zero-order chi connectivity index (χ0) is 19.4. The summed E-state index contributed by atoms with van der Waals surface area (Å²) >= 11 is 7.33. The van der Waals surface area contributed by atoms with Gasteiger partial charge in [-0.2, -0.15) is 0 Å². The zero-order valence-corrected chi connectivity index (χ0v) is 16.7. The molecule has 3 aromatic rings. The first-order valence-electron chi connectivity index (χ1n) is 8.34. The molecule has 0 saturated heterocycles. The SMILES string of the molecule is COc1cc(-c2nc(C(=O)Nc3cccc(Cl)c3)cs2)ccc1OC(C)C. The Morgan fingerprint density at radius 2 is 2.00 bits per heavy atom. The molecule has 140 valence electrons. The van der Waals surface area contributed by atoms with Gasteiger partial charge in [-0.1, -0.05) is 17.7 Å². The molecule has 1 heterocycles. The summed E-state index contributed by atoms with van der Waals surface area (Å²) in [5.74, 6) is 1.01. The summed E-state index contributed by atoms with van der Waals surface area (Å²) in [7, 11) is 1.60. The third-order valence-electron chi connectivity index (χ3n) is 3.59. The molecular weight excluding hydrogens is 384 g/mol. The zero-order valence-electron chi connectivity index (χ0n) is 15.2. The summed E-state index contributed by atoms with van der Waals surface area (Å²) in [5.41, 5.74) is 1.82. The van der Waals surface area contributed by atoms with E-state index in [1.807, 2.05) is 32.0 Å². The summed E-state index contributed by atoms with van der Waals surface area (Å²) < 4.78 is 11.1. The molecular formula is C20H19ClN2O3S. The molecule has 2 aromatic carbocycles. The highest BCUT2D eigenvalue weighted by Crippen LogP contribution is 2.34. The molecule has 0 saturated carbocycles. The number of aromatic nitrogens is 1. The fourth-order valence-electron chi connectivity index (χ4n) is 2.42. The van der Waals surface area contributed by atoms with Crippen LogP contribution in [0.3, 0.4) is 0 Å². The van der Waals surface area contributed by atoms with Gasteiger partial charge < -0.3 is 14.8 Å². The normalized spacial score (nSPS) is 10.7. The molecule has 0 spiro atoms. The van der Waals surface area contributed by atoms with Crippen molar-refractivity contribution in [1.82, 2.24) is 4.98 Å². The van der Waals surface area contributed by atoms with Gasteiger partial charge in [0.15, 0.2) is 11.5 Å². The van der Waals surface area contributed by atoms with Crippen molar-refractivity contribution in [3.8, 4) is 22.1 Å². The molecule has 5 nitrogen and oxygen atoms in total. The van der Waals surface area contributed by atoms with Crippen LogP contribution in [0.2, 0.25) is 5.02 Å². The second kappa shape index (κ2) is 8.41. The van der Waals surface area contributed by atoms with E-state index in [2.05, 4.69) is 10.3 Å². The lowest BCUT2D eigenvalue weighted by molar-refractivity contribution is 0.102. The number of halogens is 1. The minimum atomic E-state index is -0.286. The quantitative estimate of drug-likeness (QED) is 0.590. The van der Waals surface area contributed by atoms with Crippen LogP contribution in [-0.4, -0.2) is 24.1 Å². The minimum absolute atomic E-state index is 0.0476. The third kappa shape index (κ3) is 4.78. The molecule has 0 atom stereocenters. The van der Waals surface area contributed by atoms with Crippen molar-refractivity contribution < 1.29 is 14.3 Å². The Morgan fingerprint density at radius 1 is 1.19 bits per heavy atom. The molecule has 7 heteroatoms. The number of ether oxygens (including phenoxy) is 2. The highest BCUT2D eigenvalue weighted by molar-refractivity contribution is 7.13.